The number of nitrogens with zero attached hydrogens (tertiary/aromatic N) is 4. The molecule has 6 heteroatoms. The lowest BCUT2D eigenvalue weighted by atomic mass is 10.0. The standard InChI is InChI=1S/C22H18N4OS/c1-13-9-14(2)26-21(23-13)24-25-22(26)28-12-20(27)17-8-7-16-10-15-5-3-4-6-18(15)19(16)11-17/h3-9,11H,10,12H2,1-2H3. The third kappa shape index (κ3) is 2.81. The lowest BCUT2D eigenvalue weighted by Crippen LogP contribution is -2.04. The van der Waals surface area contributed by atoms with Gasteiger partial charge in [0.25, 0.3) is 5.78 Å². The van der Waals surface area contributed by atoms with Gasteiger partial charge in [-0.15, -0.1) is 10.2 Å². The van der Waals surface area contributed by atoms with Crippen LogP contribution >= 0.6 is 11.8 Å². The van der Waals surface area contributed by atoms with Gasteiger partial charge in [0.1, 0.15) is 0 Å². The number of hydrogen-bond acceptors (Lipinski definition) is 5. The number of rotatable bonds is 4. The van der Waals surface area contributed by atoms with Crippen LogP contribution < -0.4 is 0 Å². The number of fused-ring (bicyclic) bond motifs is 4. The number of carbonyl (C=O) groups excluding carboxylic acids is 1. The Bertz CT molecular complexity index is 1240. The van der Waals surface area contributed by atoms with Crippen molar-refractivity contribution in [3.63, 3.8) is 0 Å². The summed E-state index contributed by atoms with van der Waals surface area (Å²) in [4.78, 5) is 17.2. The third-order valence-electron chi connectivity index (χ3n) is 5.12. The second-order valence-corrected chi connectivity index (χ2v) is 8.02. The fourth-order valence-electron chi connectivity index (χ4n) is 3.80. The Morgan fingerprint density at radius 2 is 1.86 bits per heavy atom. The van der Waals surface area contributed by atoms with Crippen molar-refractivity contribution < 1.29 is 4.79 Å². The van der Waals surface area contributed by atoms with Crippen molar-refractivity contribution in [1.82, 2.24) is 19.6 Å². The molecule has 0 radical (unpaired) electrons. The van der Waals surface area contributed by atoms with Gasteiger partial charge in [-0.2, -0.15) is 0 Å². The Morgan fingerprint density at radius 1 is 1.04 bits per heavy atom. The fourth-order valence-corrected chi connectivity index (χ4v) is 4.68. The molecule has 0 N–H and O–H groups in total. The molecule has 4 aromatic rings. The summed E-state index contributed by atoms with van der Waals surface area (Å²) in [6.07, 6.45) is 0.937. The van der Waals surface area contributed by atoms with E-state index in [1.807, 2.05) is 42.5 Å². The quantitative estimate of drug-likeness (QED) is 0.341. The SMILES string of the molecule is Cc1cc(C)n2c(SCC(=O)c3ccc4c(c3)-c3ccccc3C4)nnc2n1. The smallest absolute Gasteiger partial charge is 0.256 e. The average molecular weight is 386 g/mol. The van der Waals surface area contributed by atoms with Crippen molar-refractivity contribution in [2.24, 2.45) is 0 Å². The Hall–Kier alpha value is -2.99. The summed E-state index contributed by atoms with van der Waals surface area (Å²) in [6.45, 7) is 3.93. The first-order valence-electron chi connectivity index (χ1n) is 9.17. The molecule has 2 aromatic heterocycles. The Kier molecular flexibility index (Phi) is 4.02. The zero-order chi connectivity index (χ0) is 19.3. The molecule has 28 heavy (non-hydrogen) atoms. The van der Waals surface area contributed by atoms with Crippen LogP contribution in [0.25, 0.3) is 16.9 Å². The van der Waals surface area contributed by atoms with Crippen LogP contribution in [0.4, 0.5) is 0 Å². The van der Waals surface area contributed by atoms with Gasteiger partial charge in [-0.1, -0.05) is 48.2 Å². The fraction of sp³-hybridized carbons (Fsp3) is 0.182. The molecule has 1 aliphatic rings. The molecule has 0 unspecified atom stereocenters. The lowest BCUT2D eigenvalue weighted by Gasteiger charge is -2.06. The van der Waals surface area contributed by atoms with E-state index in [2.05, 4.69) is 39.4 Å². The molecule has 2 aromatic carbocycles. The monoisotopic (exact) mass is 386 g/mol. The predicted octanol–water partition coefficient (Wildman–Crippen LogP) is 4.29. The first kappa shape index (κ1) is 17.1. The van der Waals surface area contributed by atoms with E-state index < -0.39 is 0 Å². The largest absolute Gasteiger partial charge is 0.293 e. The van der Waals surface area contributed by atoms with Crippen molar-refractivity contribution in [1.29, 1.82) is 0 Å². The number of aromatic nitrogens is 4. The van der Waals surface area contributed by atoms with Crippen LogP contribution in [-0.2, 0) is 6.42 Å². The summed E-state index contributed by atoms with van der Waals surface area (Å²) in [6, 6.07) is 16.4. The maximum absolute atomic E-state index is 12.8. The number of thioether (sulfide) groups is 1. The Morgan fingerprint density at radius 3 is 2.75 bits per heavy atom. The molecule has 5 rings (SSSR count). The lowest BCUT2D eigenvalue weighted by molar-refractivity contribution is 0.102. The minimum atomic E-state index is 0.0895. The van der Waals surface area contributed by atoms with Gasteiger partial charge < -0.3 is 0 Å². The Balaban J connectivity index is 1.39. The molecule has 0 spiro atoms. The highest BCUT2D eigenvalue weighted by atomic mass is 32.2. The minimum absolute atomic E-state index is 0.0895. The first-order chi connectivity index (χ1) is 13.6. The highest BCUT2D eigenvalue weighted by Gasteiger charge is 2.20. The van der Waals surface area contributed by atoms with Crippen molar-refractivity contribution in [3.8, 4) is 11.1 Å². The number of Topliss-reactive ketones (excluding diaryl/α,β-unsaturated/α-hetero) is 1. The molecule has 0 saturated carbocycles. The van der Waals surface area contributed by atoms with Crippen LogP contribution in [0.5, 0.6) is 0 Å². The number of carbonyl (C=O) groups is 1. The molecule has 5 nitrogen and oxygen atoms in total. The molecule has 0 atom stereocenters. The van der Waals surface area contributed by atoms with Crippen LogP contribution in [0.3, 0.4) is 0 Å². The highest BCUT2D eigenvalue weighted by Crippen LogP contribution is 2.37. The number of hydrogen-bond donors (Lipinski definition) is 0. The van der Waals surface area contributed by atoms with Gasteiger partial charge in [0, 0.05) is 17.0 Å². The van der Waals surface area contributed by atoms with Gasteiger partial charge >= 0.3 is 0 Å². The third-order valence-corrected chi connectivity index (χ3v) is 6.04. The molecule has 0 fully saturated rings. The summed E-state index contributed by atoms with van der Waals surface area (Å²) in [7, 11) is 0. The second kappa shape index (κ2) is 6.56. The topological polar surface area (TPSA) is 60.2 Å². The maximum Gasteiger partial charge on any atom is 0.256 e. The van der Waals surface area contributed by atoms with E-state index in [0.29, 0.717) is 16.7 Å². The van der Waals surface area contributed by atoms with Gasteiger partial charge in [-0.3, -0.25) is 9.20 Å². The van der Waals surface area contributed by atoms with Crippen LogP contribution in [-0.4, -0.2) is 31.1 Å². The van der Waals surface area contributed by atoms with Crippen LogP contribution in [0.15, 0.2) is 53.7 Å². The van der Waals surface area contributed by atoms with Gasteiger partial charge in [0.15, 0.2) is 10.9 Å². The summed E-state index contributed by atoms with van der Waals surface area (Å²) in [5.41, 5.74) is 7.67. The zero-order valence-corrected chi connectivity index (χ0v) is 16.5. The summed E-state index contributed by atoms with van der Waals surface area (Å²) in [5.74, 6) is 0.974. The van der Waals surface area contributed by atoms with Crippen molar-refractivity contribution in [3.05, 3.63) is 76.6 Å². The van der Waals surface area contributed by atoms with Crippen molar-refractivity contribution >= 4 is 23.3 Å². The molecule has 138 valence electrons. The zero-order valence-electron chi connectivity index (χ0n) is 15.6. The minimum Gasteiger partial charge on any atom is -0.293 e. The van der Waals surface area contributed by atoms with E-state index in [1.165, 1.54) is 34.0 Å². The average Bonchev–Trinajstić information content (AvgIpc) is 3.26. The van der Waals surface area contributed by atoms with E-state index in [1.54, 1.807) is 0 Å². The second-order valence-electron chi connectivity index (χ2n) is 7.07. The Labute approximate surface area is 166 Å². The van der Waals surface area contributed by atoms with Gasteiger partial charge in [0.05, 0.1) is 5.75 Å². The van der Waals surface area contributed by atoms with Gasteiger partial charge in [0.2, 0.25) is 0 Å². The van der Waals surface area contributed by atoms with E-state index in [-0.39, 0.29) is 5.78 Å². The summed E-state index contributed by atoms with van der Waals surface area (Å²) in [5, 5.41) is 9.04. The van der Waals surface area contributed by atoms with Crippen molar-refractivity contribution in [2.75, 3.05) is 5.75 Å². The van der Waals surface area contributed by atoms with E-state index in [4.69, 9.17) is 0 Å². The van der Waals surface area contributed by atoms with E-state index >= 15 is 0 Å². The molecular weight excluding hydrogens is 368 g/mol. The molecule has 2 heterocycles. The number of benzene rings is 2. The number of ketones is 1. The molecule has 0 saturated heterocycles. The molecule has 0 amide bonds. The maximum atomic E-state index is 12.8. The van der Waals surface area contributed by atoms with Gasteiger partial charge in [-0.05, 0) is 54.7 Å². The summed E-state index contributed by atoms with van der Waals surface area (Å²) >= 11 is 1.40. The van der Waals surface area contributed by atoms with Gasteiger partial charge in [-0.25, -0.2) is 4.98 Å². The molecule has 0 aliphatic heterocycles. The first-order valence-corrected chi connectivity index (χ1v) is 10.2. The molecule has 0 bridgehead atoms. The summed E-state index contributed by atoms with van der Waals surface area (Å²) < 4.78 is 1.89. The highest BCUT2D eigenvalue weighted by molar-refractivity contribution is 7.99. The number of aryl methyl sites for hydroxylation is 2. The van der Waals surface area contributed by atoms with E-state index in [9.17, 15) is 4.79 Å². The van der Waals surface area contributed by atoms with Crippen LogP contribution in [0.1, 0.15) is 32.9 Å². The predicted molar refractivity (Wildman–Crippen MR) is 110 cm³/mol. The van der Waals surface area contributed by atoms with E-state index in [0.717, 1.165) is 23.4 Å². The normalized spacial score (nSPS) is 12.2. The van der Waals surface area contributed by atoms with Crippen LogP contribution in [0.2, 0.25) is 0 Å². The van der Waals surface area contributed by atoms with Crippen molar-refractivity contribution in [2.45, 2.75) is 25.4 Å². The van der Waals surface area contributed by atoms with Crippen LogP contribution in [0, 0.1) is 13.8 Å². The molecule has 1 aliphatic carbocycles. The molecular formula is C22H18N4OS.